The Labute approximate surface area is 147 Å². The summed E-state index contributed by atoms with van der Waals surface area (Å²) in [7, 11) is -1.41. The average molecular weight is 362 g/mol. The van der Waals surface area contributed by atoms with Crippen LogP contribution in [0.4, 0.5) is 0 Å². The molecule has 1 saturated carbocycles. The maximum absolute atomic E-state index is 12.8. The highest BCUT2D eigenvalue weighted by Gasteiger charge is 2.45. The van der Waals surface area contributed by atoms with E-state index < -0.39 is 15.3 Å². The second-order valence-electron chi connectivity index (χ2n) is 6.54. The molecule has 1 aromatic carbocycles. The van der Waals surface area contributed by atoms with Crippen LogP contribution in [0.5, 0.6) is 0 Å². The van der Waals surface area contributed by atoms with E-state index in [1.165, 1.54) is 12.6 Å². The standard InChI is InChI=1S/C17H22N4O3S/c1-21-15(19-12-20-21)8-11-18-16(22)17(9-3-10-17)13-4-6-14(7-5-13)25(2,23)24/h4-7,12H,3,8-11H2,1-2H3,(H,18,22). The van der Waals surface area contributed by atoms with Gasteiger partial charge in [0.25, 0.3) is 0 Å². The van der Waals surface area contributed by atoms with Gasteiger partial charge in [0.2, 0.25) is 5.91 Å². The Morgan fingerprint density at radius 2 is 1.96 bits per heavy atom. The molecule has 0 atom stereocenters. The Hall–Kier alpha value is -2.22. The summed E-state index contributed by atoms with van der Waals surface area (Å²) in [5.74, 6) is 0.813. The highest BCUT2D eigenvalue weighted by atomic mass is 32.2. The zero-order valence-electron chi connectivity index (χ0n) is 14.4. The van der Waals surface area contributed by atoms with Gasteiger partial charge < -0.3 is 5.32 Å². The summed E-state index contributed by atoms with van der Waals surface area (Å²) in [6.07, 6.45) is 5.84. The minimum atomic E-state index is -3.23. The van der Waals surface area contributed by atoms with E-state index in [9.17, 15) is 13.2 Å². The highest BCUT2D eigenvalue weighted by molar-refractivity contribution is 7.90. The molecule has 1 amide bonds. The van der Waals surface area contributed by atoms with Crippen LogP contribution in [0.3, 0.4) is 0 Å². The summed E-state index contributed by atoms with van der Waals surface area (Å²) in [5, 5.41) is 7.01. The van der Waals surface area contributed by atoms with E-state index in [-0.39, 0.29) is 10.8 Å². The fraction of sp³-hybridized carbons (Fsp3) is 0.471. The van der Waals surface area contributed by atoms with Gasteiger partial charge in [-0.1, -0.05) is 18.6 Å². The Morgan fingerprint density at radius 3 is 2.44 bits per heavy atom. The minimum absolute atomic E-state index is 0.00646. The van der Waals surface area contributed by atoms with E-state index in [1.54, 1.807) is 28.9 Å². The van der Waals surface area contributed by atoms with Gasteiger partial charge in [-0.25, -0.2) is 13.4 Å². The van der Waals surface area contributed by atoms with Crippen molar-refractivity contribution < 1.29 is 13.2 Å². The van der Waals surface area contributed by atoms with Gasteiger partial charge in [-0.3, -0.25) is 9.48 Å². The first-order valence-corrected chi connectivity index (χ1v) is 10.1. The fourth-order valence-electron chi connectivity index (χ4n) is 3.20. The summed E-state index contributed by atoms with van der Waals surface area (Å²) in [4.78, 5) is 17.2. The zero-order valence-corrected chi connectivity index (χ0v) is 15.2. The van der Waals surface area contributed by atoms with Crippen LogP contribution < -0.4 is 5.32 Å². The van der Waals surface area contributed by atoms with Crippen molar-refractivity contribution in [3.05, 3.63) is 42.0 Å². The number of benzene rings is 1. The van der Waals surface area contributed by atoms with Gasteiger partial charge in [0, 0.05) is 26.3 Å². The molecule has 3 rings (SSSR count). The number of nitrogens with one attached hydrogen (secondary N) is 1. The molecule has 0 aliphatic heterocycles. The first kappa shape index (κ1) is 17.6. The maximum Gasteiger partial charge on any atom is 0.230 e. The van der Waals surface area contributed by atoms with Crippen molar-refractivity contribution in [1.29, 1.82) is 0 Å². The van der Waals surface area contributed by atoms with Crippen LogP contribution in [0.2, 0.25) is 0 Å². The maximum atomic E-state index is 12.8. The van der Waals surface area contributed by atoms with Gasteiger partial charge in [0.15, 0.2) is 9.84 Å². The number of amides is 1. The Kier molecular flexibility index (Phi) is 4.64. The number of aromatic nitrogens is 3. The smallest absolute Gasteiger partial charge is 0.230 e. The highest BCUT2D eigenvalue weighted by Crippen LogP contribution is 2.44. The topological polar surface area (TPSA) is 93.9 Å². The summed E-state index contributed by atoms with van der Waals surface area (Å²) in [6.45, 7) is 0.495. The molecule has 8 heteroatoms. The molecule has 0 saturated heterocycles. The lowest BCUT2D eigenvalue weighted by Gasteiger charge is -2.40. The van der Waals surface area contributed by atoms with E-state index in [0.29, 0.717) is 13.0 Å². The third-order valence-electron chi connectivity index (χ3n) is 4.92. The molecule has 1 fully saturated rings. The number of carbonyl (C=O) groups is 1. The first-order chi connectivity index (χ1) is 11.8. The van der Waals surface area contributed by atoms with Crippen LogP contribution >= 0.6 is 0 Å². The van der Waals surface area contributed by atoms with Gasteiger partial charge in [-0.05, 0) is 30.5 Å². The molecule has 0 spiro atoms. The predicted octanol–water partition coefficient (Wildman–Crippen LogP) is 0.999. The largest absolute Gasteiger partial charge is 0.355 e. The molecule has 1 aliphatic rings. The number of hydrogen-bond acceptors (Lipinski definition) is 5. The number of sulfone groups is 1. The Morgan fingerprint density at radius 1 is 1.28 bits per heavy atom. The van der Waals surface area contributed by atoms with Gasteiger partial charge in [-0.15, -0.1) is 0 Å². The van der Waals surface area contributed by atoms with Crippen molar-refractivity contribution in [2.45, 2.75) is 36.0 Å². The number of carbonyl (C=O) groups excluding carboxylic acids is 1. The van der Waals surface area contributed by atoms with Crippen LogP contribution in [0.15, 0.2) is 35.5 Å². The number of aryl methyl sites for hydroxylation is 1. The first-order valence-electron chi connectivity index (χ1n) is 8.25. The molecule has 0 unspecified atom stereocenters. The van der Waals surface area contributed by atoms with Crippen molar-refractivity contribution >= 4 is 15.7 Å². The number of nitrogens with zero attached hydrogens (tertiary/aromatic N) is 3. The fourth-order valence-corrected chi connectivity index (χ4v) is 3.83. The summed E-state index contributed by atoms with van der Waals surface area (Å²) >= 11 is 0. The number of hydrogen-bond donors (Lipinski definition) is 1. The van der Waals surface area contributed by atoms with Gasteiger partial charge in [-0.2, -0.15) is 5.10 Å². The van der Waals surface area contributed by atoms with E-state index in [1.807, 2.05) is 7.05 Å². The summed E-state index contributed by atoms with van der Waals surface area (Å²) in [6, 6.07) is 6.69. The number of rotatable bonds is 6. The molecule has 1 aliphatic carbocycles. The van der Waals surface area contributed by atoms with Crippen molar-refractivity contribution in [2.75, 3.05) is 12.8 Å². The Balaban J connectivity index is 1.69. The van der Waals surface area contributed by atoms with E-state index in [4.69, 9.17) is 0 Å². The molecular weight excluding hydrogens is 340 g/mol. The molecule has 1 heterocycles. The molecule has 2 aromatic rings. The van der Waals surface area contributed by atoms with Crippen molar-refractivity contribution in [3.8, 4) is 0 Å². The molecule has 1 aromatic heterocycles. The van der Waals surface area contributed by atoms with Crippen LogP contribution in [0, 0.1) is 0 Å². The third-order valence-corrected chi connectivity index (χ3v) is 6.04. The molecule has 1 N–H and O–H groups in total. The van der Waals surface area contributed by atoms with Crippen LogP contribution in [-0.4, -0.2) is 41.9 Å². The summed E-state index contributed by atoms with van der Waals surface area (Å²) < 4.78 is 24.9. The second kappa shape index (κ2) is 6.59. The van der Waals surface area contributed by atoms with E-state index >= 15 is 0 Å². The minimum Gasteiger partial charge on any atom is -0.355 e. The lowest BCUT2D eigenvalue weighted by molar-refractivity contribution is -0.129. The SMILES string of the molecule is Cn1ncnc1CCNC(=O)C1(c2ccc(S(C)(=O)=O)cc2)CCC1. The quantitative estimate of drug-likeness (QED) is 0.827. The van der Waals surface area contributed by atoms with Gasteiger partial charge >= 0.3 is 0 Å². The molecule has 0 radical (unpaired) electrons. The normalized spacial score (nSPS) is 16.2. The molecule has 0 bridgehead atoms. The van der Waals surface area contributed by atoms with Crippen molar-refractivity contribution in [3.63, 3.8) is 0 Å². The van der Waals surface area contributed by atoms with Crippen LogP contribution in [0.1, 0.15) is 30.7 Å². The zero-order chi connectivity index (χ0) is 18.1. The van der Waals surface area contributed by atoms with E-state index in [0.717, 1.165) is 30.7 Å². The predicted molar refractivity (Wildman–Crippen MR) is 92.8 cm³/mol. The molecular formula is C17H22N4O3S. The summed E-state index contributed by atoms with van der Waals surface area (Å²) in [5.41, 5.74) is 0.331. The van der Waals surface area contributed by atoms with Crippen molar-refractivity contribution in [2.24, 2.45) is 7.05 Å². The van der Waals surface area contributed by atoms with Gasteiger partial charge in [0.1, 0.15) is 12.2 Å². The van der Waals surface area contributed by atoms with Crippen molar-refractivity contribution in [1.82, 2.24) is 20.1 Å². The van der Waals surface area contributed by atoms with Crippen LogP contribution in [0.25, 0.3) is 0 Å². The average Bonchev–Trinajstić information content (AvgIpc) is 2.91. The van der Waals surface area contributed by atoms with Crippen LogP contribution in [-0.2, 0) is 33.5 Å². The third kappa shape index (κ3) is 3.44. The lowest BCUT2D eigenvalue weighted by Crippen LogP contribution is -2.49. The lowest BCUT2D eigenvalue weighted by atomic mass is 9.64. The Bertz CT molecular complexity index is 868. The molecule has 25 heavy (non-hydrogen) atoms. The van der Waals surface area contributed by atoms with E-state index in [2.05, 4.69) is 15.4 Å². The van der Waals surface area contributed by atoms with Gasteiger partial charge in [0.05, 0.1) is 10.3 Å². The second-order valence-corrected chi connectivity index (χ2v) is 8.55. The molecule has 7 nitrogen and oxygen atoms in total. The monoisotopic (exact) mass is 362 g/mol. The molecule has 134 valence electrons.